The zero-order valence-corrected chi connectivity index (χ0v) is 8.56. The molecule has 0 spiro atoms. The normalized spacial score (nSPS) is 18.1. The molecule has 1 unspecified atom stereocenters. The summed E-state index contributed by atoms with van der Waals surface area (Å²) in [5.41, 5.74) is 0.542. The fourth-order valence-corrected chi connectivity index (χ4v) is 1.82. The number of alkyl halides is 1. The molecule has 15 heavy (non-hydrogen) atoms. The van der Waals surface area contributed by atoms with Crippen LogP contribution in [0.3, 0.4) is 0 Å². The second-order valence-corrected chi connectivity index (χ2v) is 3.81. The first-order valence-corrected chi connectivity index (χ1v) is 5.26. The van der Waals surface area contributed by atoms with Crippen molar-refractivity contribution in [3.63, 3.8) is 0 Å². The van der Waals surface area contributed by atoms with Crippen molar-refractivity contribution in [3.8, 4) is 0 Å². The Bertz CT molecular complexity index is 309. The number of aliphatic hydroxyl groups is 1. The SMILES string of the molecule is OC(CF)c1ccc(N2CCCC2)nc1. The third-order valence-corrected chi connectivity index (χ3v) is 2.73. The summed E-state index contributed by atoms with van der Waals surface area (Å²) in [5, 5.41) is 9.26. The minimum absolute atomic E-state index is 0.542. The fraction of sp³-hybridized carbons (Fsp3) is 0.545. The van der Waals surface area contributed by atoms with Gasteiger partial charge >= 0.3 is 0 Å². The molecule has 1 aromatic heterocycles. The molecule has 1 atom stereocenters. The zero-order valence-electron chi connectivity index (χ0n) is 8.56. The van der Waals surface area contributed by atoms with Crippen molar-refractivity contribution in [2.75, 3.05) is 24.7 Å². The molecule has 3 nitrogen and oxygen atoms in total. The van der Waals surface area contributed by atoms with Crippen molar-refractivity contribution in [2.24, 2.45) is 0 Å². The van der Waals surface area contributed by atoms with Crippen LogP contribution in [0.2, 0.25) is 0 Å². The molecular weight excluding hydrogens is 195 g/mol. The molecule has 0 saturated carbocycles. The Morgan fingerprint density at radius 2 is 2.13 bits per heavy atom. The van der Waals surface area contributed by atoms with Crippen LogP contribution in [0, 0.1) is 0 Å². The monoisotopic (exact) mass is 210 g/mol. The predicted octanol–water partition coefficient (Wildman–Crippen LogP) is 1.68. The highest BCUT2D eigenvalue weighted by atomic mass is 19.1. The van der Waals surface area contributed by atoms with Crippen LogP contribution in [0.25, 0.3) is 0 Å². The molecule has 1 saturated heterocycles. The molecule has 1 aliphatic heterocycles. The van der Waals surface area contributed by atoms with E-state index in [0.717, 1.165) is 18.9 Å². The standard InChI is InChI=1S/C11H15FN2O/c12-7-10(15)9-3-4-11(13-8-9)14-5-1-2-6-14/h3-4,8,10,15H,1-2,5-7H2. The quantitative estimate of drug-likeness (QED) is 0.824. The Kier molecular flexibility index (Phi) is 3.16. The van der Waals surface area contributed by atoms with E-state index in [0.29, 0.717) is 5.56 Å². The second kappa shape index (κ2) is 4.57. The highest BCUT2D eigenvalue weighted by molar-refractivity contribution is 5.40. The highest BCUT2D eigenvalue weighted by Gasteiger charge is 2.14. The largest absolute Gasteiger partial charge is 0.386 e. The molecule has 0 amide bonds. The molecule has 82 valence electrons. The van der Waals surface area contributed by atoms with Gasteiger partial charge in [-0.3, -0.25) is 0 Å². The van der Waals surface area contributed by atoms with E-state index in [1.54, 1.807) is 12.3 Å². The fourth-order valence-electron chi connectivity index (χ4n) is 1.82. The lowest BCUT2D eigenvalue weighted by Crippen LogP contribution is -2.18. The average molecular weight is 210 g/mol. The summed E-state index contributed by atoms with van der Waals surface area (Å²) in [6, 6.07) is 3.59. The number of hydrogen-bond acceptors (Lipinski definition) is 3. The van der Waals surface area contributed by atoms with E-state index in [-0.39, 0.29) is 0 Å². The van der Waals surface area contributed by atoms with Crippen LogP contribution >= 0.6 is 0 Å². The van der Waals surface area contributed by atoms with Crippen molar-refractivity contribution in [2.45, 2.75) is 18.9 Å². The Morgan fingerprint density at radius 1 is 1.40 bits per heavy atom. The van der Waals surface area contributed by atoms with Gasteiger partial charge in [0.25, 0.3) is 0 Å². The van der Waals surface area contributed by atoms with Gasteiger partial charge in [-0.1, -0.05) is 6.07 Å². The molecule has 1 aromatic rings. The van der Waals surface area contributed by atoms with Gasteiger partial charge in [-0.05, 0) is 18.9 Å². The van der Waals surface area contributed by atoms with Gasteiger partial charge in [-0.15, -0.1) is 0 Å². The van der Waals surface area contributed by atoms with E-state index in [1.165, 1.54) is 12.8 Å². The van der Waals surface area contributed by atoms with Crippen molar-refractivity contribution in [1.82, 2.24) is 4.98 Å². The van der Waals surface area contributed by atoms with Crippen molar-refractivity contribution in [1.29, 1.82) is 0 Å². The van der Waals surface area contributed by atoms with E-state index in [1.807, 2.05) is 6.07 Å². The Morgan fingerprint density at radius 3 is 2.67 bits per heavy atom. The molecule has 0 aromatic carbocycles. The maximum absolute atomic E-state index is 12.2. The Hall–Kier alpha value is -1.16. The number of anilines is 1. The van der Waals surface area contributed by atoms with Crippen LogP contribution in [0.15, 0.2) is 18.3 Å². The summed E-state index contributed by atoms with van der Waals surface area (Å²) < 4.78 is 12.2. The lowest BCUT2D eigenvalue weighted by Gasteiger charge is -2.16. The van der Waals surface area contributed by atoms with Gasteiger partial charge in [0, 0.05) is 24.8 Å². The van der Waals surface area contributed by atoms with Crippen LogP contribution < -0.4 is 4.90 Å². The van der Waals surface area contributed by atoms with Crippen LogP contribution in [-0.4, -0.2) is 29.9 Å². The highest BCUT2D eigenvalue weighted by Crippen LogP contribution is 2.19. The van der Waals surface area contributed by atoms with Gasteiger partial charge < -0.3 is 10.0 Å². The first-order valence-electron chi connectivity index (χ1n) is 5.26. The van der Waals surface area contributed by atoms with Crippen molar-refractivity contribution in [3.05, 3.63) is 23.9 Å². The Balaban J connectivity index is 2.09. The van der Waals surface area contributed by atoms with Gasteiger partial charge in [0.1, 0.15) is 18.6 Å². The number of halogens is 1. The number of aliphatic hydroxyl groups excluding tert-OH is 1. The molecule has 1 N–H and O–H groups in total. The number of pyridine rings is 1. The average Bonchev–Trinajstić information content (AvgIpc) is 2.82. The topological polar surface area (TPSA) is 36.4 Å². The lowest BCUT2D eigenvalue weighted by atomic mass is 10.2. The first-order chi connectivity index (χ1) is 7.31. The van der Waals surface area contributed by atoms with E-state index >= 15 is 0 Å². The summed E-state index contributed by atoms with van der Waals surface area (Å²) in [4.78, 5) is 6.43. The summed E-state index contributed by atoms with van der Waals surface area (Å²) in [5.74, 6) is 0.919. The Labute approximate surface area is 88.6 Å². The van der Waals surface area contributed by atoms with E-state index < -0.39 is 12.8 Å². The second-order valence-electron chi connectivity index (χ2n) is 3.81. The van der Waals surface area contributed by atoms with Gasteiger partial charge in [0.05, 0.1) is 0 Å². The lowest BCUT2D eigenvalue weighted by molar-refractivity contribution is 0.141. The van der Waals surface area contributed by atoms with E-state index in [2.05, 4.69) is 9.88 Å². The molecule has 0 bridgehead atoms. The minimum Gasteiger partial charge on any atom is -0.386 e. The summed E-state index contributed by atoms with van der Waals surface area (Å²) in [6.45, 7) is 1.32. The van der Waals surface area contributed by atoms with Crippen LogP contribution in [0.5, 0.6) is 0 Å². The van der Waals surface area contributed by atoms with Crippen molar-refractivity contribution >= 4 is 5.82 Å². The molecule has 4 heteroatoms. The van der Waals surface area contributed by atoms with E-state index in [9.17, 15) is 9.50 Å². The molecule has 1 fully saturated rings. The van der Waals surface area contributed by atoms with Gasteiger partial charge in [0.2, 0.25) is 0 Å². The zero-order chi connectivity index (χ0) is 10.7. The third-order valence-electron chi connectivity index (χ3n) is 2.73. The molecular formula is C11H15FN2O. The van der Waals surface area contributed by atoms with Crippen LogP contribution in [0.4, 0.5) is 10.2 Å². The smallest absolute Gasteiger partial charge is 0.128 e. The van der Waals surface area contributed by atoms with E-state index in [4.69, 9.17) is 0 Å². The molecule has 0 radical (unpaired) electrons. The summed E-state index contributed by atoms with van der Waals surface area (Å²) in [6.07, 6.45) is 2.93. The maximum atomic E-state index is 12.2. The molecule has 1 aliphatic rings. The van der Waals surface area contributed by atoms with Gasteiger partial charge in [-0.25, -0.2) is 9.37 Å². The van der Waals surface area contributed by atoms with Crippen LogP contribution in [0.1, 0.15) is 24.5 Å². The number of rotatable bonds is 3. The maximum Gasteiger partial charge on any atom is 0.128 e. The van der Waals surface area contributed by atoms with Gasteiger partial charge in [-0.2, -0.15) is 0 Å². The third kappa shape index (κ3) is 2.26. The van der Waals surface area contributed by atoms with Crippen LogP contribution in [-0.2, 0) is 0 Å². The number of nitrogens with zero attached hydrogens (tertiary/aromatic N) is 2. The van der Waals surface area contributed by atoms with Gasteiger partial charge in [0.15, 0.2) is 0 Å². The summed E-state index contributed by atoms with van der Waals surface area (Å²) >= 11 is 0. The van der Waals surface area contributed by atoms with Crippen molar-refractivity contribution < 1.29 is 9.50 Å². The number of aromatic nitrogens is 1. The summed E-state index contributed by atoms with van der Waals surface area (Å²) in [7, 11) is 0. The molecule has 0 aliphatic carbocycles. The minimum atomic E-state index is -1.04. The number of hydrogen-bond donors (Lipinski definition) is 1. The molecule has 2 rings (SSSR count). The molecule has 2 heterocycles. The first kappa shape index (κ1) is 10.4. The predicted molar refractivity (Wildman–Crippen MR) is 56.6 cm³/mol.